The Labute approximate surface area is 122 Å². The molecule has 0 aliphatic heterocycles. The van der Waals surface area contributed by atoms with Gasteiger partial charge in [0, 0.05) is 0 Å². The standard InChI is InChI=1S/C18H28O2/c1-14(2)12-15-8-7-9-16(13-15)17(19)18(20)10-5-3-4-6-11-18/h7-9,13-14,17,19-20H,3-6,10-12H2,1-2H3. The van der Waals surface area contributed by atoms with Crippen LogP contribution in [0.25, 0.3) is 0 Å². The quantitative estimate of drug-likeness (QED) is 0.816. The third kappa shape index (κ3) is 3.83. The summed E-state index contributed by atoms with van der Waals surface area (Å²) in [6, 6.07) is 8.11. The number of aliphatic hydroxyl groups is 2. The zero-order valence-electron chi connectivity index (χ0n) is 12.8. The largest absolute Gasteiger partial charge is 0.387 e. The summed E-state index contributed by atoms with van der Waals surface area (Å²) in [4.78, 5) is 0. The molecular formula is C18H28O2. The third-order valence-electron chi connectivity index (χ3n) is 4.39. The van der Waals surface area contributed by atoms with E-state index in [0.717, 1.165) is 24.8 Å². The lowest BCUT2D eigenvalue weighted by Crippen LogP contribution is -2.35. The molecule has 112 valence electrons. The highest BCUT2D eigenvalue weighted by molar-refractivity contribution is 5.27. The molecule has 1 unspecified atom stereocenters. The lowest BCUT2D eigenvalue weighted by molar-refractivity contribution is -0.0867. The molecule has 2 N–H and O–H groups in total. The minimum atomic E-state index is -0.938. The second-order valence-corrected chi connectivity index (χ2v) is 6.76. The van der Waals surface area contributed by atoms with Crippen molar-refractivity contribution < 1.29 is 10.2 Å². The summed E-state index contributed by atoms with van der Waals surface area (Å²) in [7, 11) is 0. The molecule has 1 aromatic carbocycles. The van der Waals surface area contributed by atoms with E-state index >= 15 is 0 Å². The molecule has 0 spiro atoms. The fourth-order valence-electron chi connectivity index (χ4n) is 3.29. The van der Waals surface area contributed by atoms with Crippen LogP contribution in [0.15, 0.2) is 24.3 Å². The number of hydrogen-bond acceptors (Lipinski definition) is 2. The van der Waals surface area contributed by atoms with Crippen molar-refractivity contribution in [1.82, 2.24) is 0 Å². The van der Waals surface area contributed by atoms with Crippen molar-refractivity contribution >= 4 is 0 Å². The van der Waals surface area contributed by atoms with Gasteiger partial charge in [-0.25, -0.2) is 0 Å². The minimum Gasteiger partial charge on any atom is -0.387 e. The van der Waals surface area contributed by atoms with Crippen molar-refractivity contribution in [2.45, 2.75) is 70.5 Å². The van der Waals surface area contributed by atoms with Gasteiger partial charge in [-0.15, -0.1) is 0 Å². The number of benzene rings is 1. The van der Waals surface area contributed by atoms with Crippen LogP contribution in [-0.2, 0) is 6.42 Å². The van der Waals surface area contributed by atoms with Crippen LogP contribution in [0.1, 0.15) is 69.6 Å². The molecule has 0 radical (unpaired) electrons. The van der Waals surface area contributed by atoms with Crippen molar-refractivity contribution in [1.29, 1.82) is 0 Å². The summed E-state index contributed by atoms with van der Waals surface area (Å²) in [6.07, 6.45) is 6.04. The van der Waals surface area contributed by atoms with Crippen LogP contribution in [0.3, 0.4) is 0 Å². The van der Waals surface area contributed by atoms with Crippen molar-refractivity contribution in [3.05, 3.63) is 35.4 Å². The van der Waals surface area contributed by atoms with Gasteiger partial charge < -0.3 is 10.2 Å². The minimum absolute atomic E-state index is 0.600. The van der Waals surface area contributed by atoms with E-state index in [4.69, 9.17) is 0 Å². The molecule has 0 amide bonds. The lowest BCUT2D eigenvalue weighted by atomic mass is 9.84. The highest BCUT2D eigenvalue weighted by Gasteiger charge is 2.36. The van der Waals surface area contributed by atoms with Gasteiger partial charge >= 0.3 is 0 Å². The Hall–Kier alpha value is -0.860. The third-order valence-corrected chi connectivity index (χ3v) is 4.39. The van der Waals surface area contributed by atoms with Crippen LogP contribution < -0.4 is 0 Å². The van der Waals surface area contributed by atoms with Crippen LogP contribution in [0, 0.1) is 5.92 Å². The Kier molecular flexibility index (Phi) is 5.22. The highest BCUT2D eigenvalue weighted by atomic mass is 16.3. The van der Waals surface area contributed by atoms with E-state index in [2.05, 4.69) is 26.0 Å². The van der Waals surface area contributed by atoms with Gasteiger partial charge in [-0.1, -0.05) is 63.8 Å². The molecule has 1 fully saturated rings. The molecule has 1 saturated carbocycles. The van der Waals surface area contributed by atoms with Crippen LogP contribution in [-0.4, -0.2) is 15.8 Å². The maximum atomic E-state index is 10.8. The fourth-order valence-corrected chi connectivity index (χ4v) is 3.29. The van der Waals surface area contributed by atoms with E-state index in [1.807, 2.05) is 12.1 Å². The summed E-state index contributed by atoms with van der Waals surface area (Å²) in [5, 5.41) is 21.4. The fraction of sp³-hybridized carbons (Fsp3) is 0.667. The molecule has 2 nitrogen and oxygen atoms in total. The summed E-state index contributed by atoms with van der Waals surface area (Å²) in [5.74, 6) is 0.600. The molecule has 0 aromatic heterocycles. The molecule has 2 rings (SSSR count). The Bertz CT molecular complexity index is 417. The van der Waals surface area contributed by atoms with Gasteiger partial charge in [0.15, 0.2) is 0 Å². The topological polar surface area (TPSA) is 40.5 Å². The summed E-state index contributed by atoms with van der Waals surface area (Å²) in [6.45, 7) is 4.39. The van der Waals surface area contributed by atoms with Gasteiger partial charge in [0.05, 0.1) is 5.60 Å². The number of aliphatic hydroxyl groups excluding tert-OH is 1. The van der Waals surface area contributed by atoms with E-state index in [-0.39, 0.29) is 0 Å². The summed E-state index contributed by atoms with van der Waals surface area (Å²) in [5.41, 5.74) is 1.17. The van der Waals surface area contributed by atoms with Gasteiger partial charge in [0.2, 0.25) is 0 Å². The van der Waals surface area contributed by atoms with Crippen molar-refractivity contribution in [2.75, 3.05) is 0 Å². The average molecular weight is 276 g/mol. The van der Waals surface area contributed by atoms with E-state index in [9.17, 15) is 10.2 Å². The van der Waals surface area contributed by atoms with Gasteiger partial charge in [0.1, 0.15) is 6.10 Å². The van der Waals surface area contributed by atoms with Gasteiger partial charge in [-0.2, -0.15) is 0 Å². The smallest absolute Gasteiger partial charge is 0.108 e. The predicted octanol–water partition coefficient (Wildman–Crippen LogP) is 4.00. The average Bonchev–Trinajstić information content (AvgIpc) is 2.63. The first-order chi connectivity index (χ1) is 9.51. The first-order valence-electron chi connectivity index (χ1n) is 8.00. The number of hydrogen-bond donors (Lipinski definition) is 2. The lowest BCUT2D eigenvalue weighted by Gasteiger charge is -2.32. The van der Waals surface area contributed by atoms with Crippen LogP contribution >= 0.6 is 0 Å². The zero-order valence-corrected chi connectivity index (χ0v) is 12.8. The predicted molar refractivity (Wildman–Crippen MR) is 82.6 cm³/mol. The van der Waals surface area contributed by atoms with Crippen molar-refractivity contribution in [3.63, 3.8) is 0 Å². The maximum absolute atomic E-state index is 10.8. The highest BCUT2D eigenvalue weighted by Crippen LogP contribution is 2.37. The van der Waals surface area contributed by atoms with E-state index in [1.54, 1.807) is 0 Å². The Morgan fingerprint density at radius 3 is 2.35 bits per heavy atom. The second kappa shape index (κ2) is 6.73. The number of rotatable bonds is 4. The molecule has 0 saturated heterocycles. The Morgan fingerprint density at radius 2 is 1.75 bits per heavy atom. The summed E-state index contributed by atoms with van der Waals surface area (Å²) >= 11 is 0. The van der Waals surface area contributed by atoms with Crippen LogP contribution in [0.2, 0.25) is 0 Å². The van der Waals surface area contributed by atoms with E-state index < -0.39 is 11.7 Å². The monoisotopic (exact) mass is 276 g/mol. The summed E-state index contributed by atoms with van der Waals surface area (Å²) < 4.78 is 0. The van der Waals surface area contributed by atoms with Crippen molar-refractivity contribution in [3.8, 4) is 0 Å². The zero-order chi connectivity index (χ0) is 14.6. The van der Waals surface area contributed by atoms with Gasteiger partial charge in [-0.3, -0.25) is 0 Å². The second-order valence-electron chi connectivity index (χ2n) is 6.76. The molecule has 0 bridgehead atoms. The van der Waals surface area contributed by atoms with E-state index in [0.29, 0.717) is 18.8 Å². The molecule has 2 heteroatoms. The van der Waals surface area contributed by atoms with Crippen molar-refractivity contribution in [2.24, 2.45) is 5.92 Å². The van der Waals surface area contributed by atoms with Gasteiger partial charge in [0.25, 0.3) is 0 Å². The van der Waals surface area contributed by atoms with Gasteiger partial charge in [-0.05, 0) is 36.3 Å². The SMILES string of the molecule is CC(C)Cc1cccc(C(O)C2(O)CCCCCC2)c1. The molecular weight excluding hydrogens is 248 g/mol. The molecule has 0 heterocycles. The first kappa shape index (κ1) is 15.5. The maximum Gasteiger partial charge on any atom is 0.108 e. The molecule has 20 heavy (non-hydrogen) atoms. The molecule has 1 aromatic rings. The van der Waals surface area contributed by atoms with Crippen LogP contribution in [0.4, 0.5) is 0 Å². The normalized spacial score (nSPS) is 20.6. The first-order valence-corrected chi connectivity index (χ1v) is 8.00. The van der Waals surface area contributed by atoms with E-state index in [1.165, 1.54) is 18.4 Å². The van der Waals surface area contributed by atoms with Crippen LogP contribution in [0.5, 0.6) is 0 Å². The molecule has 1 atom stereocenters. The Balaban J connectivity index is 2.16. The molecule has 1 aliphatic rings. The Morgan fingerprint density at radius 1 is 1.10 bits per heavy atom. The molecule has 1 aliphatic carbocycles.